The monoisotopic (exact) mass is 564 g/mol. The van der Waals surface area contributed by atoms with Crippen LogP contribution in [0.2, 0.25) is 9.26 Å². The van der Waals surface area contributed by atoms with Crippen LogP contribution in [-0.4, -0.2) is 6.88 Å². The number of fused-ring (bicyclic) bond motifs is 3. The molecule has 0 saturated heterocycles. The van der Waals surface area contributed by atoms with Gasteiger partial charge in [0, 0.05) is 0 Å². The number of benzene rings is 2. The third-order valence-corrected chi connectivity index (χ3v) is 23.7. The minimum atomic E-state index is -3.25. The Hall–Kier alpha value is -0.400. The molecule has 4 heteroatoms. The van der Waals surface area contributed by atoms with E-state index in [9.17, 15) is 0 Å². The van der Waals surface area contributed by atoms with Gasteiger partial charge < -0.3 is 0 Å². The van der Waals surface area contributed by atoms with Gasteiger partial charge >= 0.3 is 187 Å². The summed E-state index contributed by atoms with van der Waals surface area (Å²) in [5, 5.41) is 0. The van der Waals surface area contributed by atoms with E-state index in [1.54, 1.807) is 12.1 Å². The van der Waals surface area contributed by atoms with Gasteiger partial charge in [0.2, 0.25) is 0 Å². The smallest absolute Gasteiger partial charge is 0.147 e. The van der Waals surface area contributed by atoms with Gasteiger partial charge in [-0.3, -0.25) is 0 Å². The largest absolute Gasteiger partial charge is 0.147 e. The predicted octanol–water partition coefficient (Wildman–Crippen LogP) is 7.50. The SMILES string of the molecule is CC(C)(C)c1ccc2c(c1)-c1cc(C(C)(C)C)c[c]([Zr]([CH3])([CH3])(=[SiH2])[C]3=CC=CC3)c1C2.Cl.Cl. The van der Waals surface area contributed by atoms with Crippen LogP contribution in [0, 0.1) is 0 Å². The van der Waals surface area contributed by atoms with Gasteiger partial charge in [-0.05, 0) is 0 Å². The molecule has 0 heterocycles. The number of allylic oxidation sites excluding steroid dienone is 4. The molecule has 0 N–H and O–H groups in total. The fraction of sp³-hybridized carbons (Fsp3) is 0.429. The van der Waals surface area contributed by atoms with E-state index in [0.29, 0.717) is 0 Å². The molecule has 0 aromatic heterocycles. The van der Waals surface area contributed by atoms with Crippen LogP contribution in [0.25, 0.3) is 11.1 Å². The van der Waals surface area contributed by atoms with E-state index in [4.69, 9.17) is 0 Å². The Bertz CT molecular complexity index is 1180. The van der Waals surface area contributed by atoms with Crippen LogP contribution in [0.3, 0.4) is 0 Å². The summed E-state index contributed by atoms with van der Waals surface area (Å²) in [4.78, 5) is 0. The quantitative estimate of drug-likeness (QED) is 0.282. The van der Waals surface area contributed by atoms with E-state index in [2.05, 4.69) is 106 Å². The average molecular weight is 567 g/mol. The van der Waals surface area contributed by atoms with Gasteiger partial charge in [-0.1, -0.05) is 0 Å². The Morgan fingerprint density at radius 2 is 1.41 bits per heavy atom. The molecule has 0 bridgehead atoms. The molecule has 2 aliphatic carbocycles. The number of hydrogen-bond acceptors (Lipinski definition) is 0. The van der Waals surface area contributed by atoms with Crippen LogP contribution in [0.15, 0.2) is 51.8 Å². The standard InChI is InChI=1S/C21H25.C5H5.2CH3.2ClH.H2Si.Zr/c1-20(2,3)16-9-7-14-11-15-8-10-17(21(4,5)6)13-19(15)18(14)12-16;1-2-4-5-3-1;;;;;;/h7,9-10,12-13H,11H2,1-6H3;1-3H,4H2;2*1H3;2*1H;1H2;. The third-order valence-electron chi connectivity index (χ3n) is 7.41. The van der Waals surface area contributed by atoms with Crippen LogP contribution in [0.1, 0.15) is 70.2 Å². The molecule has 0 atom stereocenters. The topological polar surface area (TPSA) is 0 Å². The van der Waals surface area contributed by atoms with Crippen molar-refractivity contribution in [2.45, 2.75) is 74.5 Å². The first-order chi connectivity index (χ1) is 13.7. The fourth-order valence-corrected chi connectivity index (χ4v) is 17.3. The molecule has 32 heavy (non-hydrogen) atoms. The maximum Gasteiger partial charge on any atom is -0.147 e. The van der Waals surface area contributed by atoms with Gasteiger partial charge in [-0.15, -0.1) is 24.8 Å². The maximum atomic E-state index is 2.66. The fourth-order valence-electron chi connectivity index (χ4n) is 5.10. The summed E-state index contributed by atoms with van der Waals surface area (Å²) in [7, 11) is 0. The van der Waals surface area contributed by atoms with E-state index in [1.807, 2.05) is 0 Å². The van der Waals surface area contributed by atoms with Crippen LogP contribution in [-0.2, 0) is 34.6 Å². The molecule has 0 amide bonds. The second-order valence-electron chi connectivity index (χ2n) is 12.6. The Morgan fingerprint density at radius 3 is 1.94 bits per heavy atom. The van der Waals surface area contributed by atoms with Gasteiger partial charge in [-0.25, -0.2) is 0 Å². The normalized spacial score (nSPS) is 15.5. The van der Waals surface area contributed by atoms with Gasteiger partial charge in [0.1, 0.15) is 0 Å². The van der Waals surface area contributed by atoms with Crippen molar-refractivity contribution < 1.29 is 17.4 Å². The molecule has 0 unspecified atom stereocenters. The zero-order valence-corrected chi connectivity index (χ0v) is 26.6. The molecule has 174 valence electrons. The zero-order valence-electron chi connectivity index (χ0n) is 21.1. The molecule has 2 aromatic carbocycles. The molecule has 2 aliphatic rings. The summed E-state index contributed by atoms with van der Waals surface area (Å²) in [5.74, 6) is 0. The van der Waals surface area contributed by atoms with Gasteiger partial charge in [0.05, 0.1) is 0 Å². The first-order valence-corrected chi connectivity index (χ1v) is 24.7. The van der Waals surface area contributed by atoms with E-state index < -0.39 is 17.4 Å². The first-order valence-electron chi connectivity index (χ1n) is 11.4. The van der Waals surface area contributed by atoms with Crippen molar-refractivity contribution in [3.63, 3.8) is 0 Å². The number of rotatable bonds is 2. The second-order valence-corrected chi connectivity index (χ2v) is 41.3. The summed E-state index contributed by atoms with van der Waals surface area (Å²) < 4.78 is 8.77. The average Bonchev–Trinajstić information content (AvgIpc) is 3.27. The summed E-state index contributed by atoms with van der Waals surface area (Å²) in [5.41, 5.74) is 9.40. The van der Waals surface area contributed by atoms with Crippen LogP contribution >= 0.6 is 24.8 Å². The molecular formula is C28H40Cl2SiZr. The van der Waals surface area contributed by atoms with Gasteiger partial charge in [0.15, 0.2) is 0 Å². The molecule has 0 radical (unpaired) electrons. The summed E-state index contributed by atoms with van der Waals surface area (Å²) in [6.45, 7) is 16.4. The van der Waals surface area contributed by atoms with Crippen LogP contribution < -0.4 is 3.27 Å². The molecule has 0 fully saturated rings. The summed E-state index contributed by atoms with van der Waals surface area (Å²) in [6.07, 6.45) is 9.31. The molecule has 0 saturated carbocycles. The van der Waals surface area contributed by atoms with Crippen molar-refractivity contribution in [1.29, 1.82) is 0 Å². The van der Waals surface area contributed by atoms with Crippen molar-refractivity contribution in [1.82, 2.24) is 0 Å². The van der Waals surface area contributed by atoms with Crippen molar-refractivity contribution in [3.05, 3.63) is 74.1 Å². The van der Waals surface area contributed by atoms with Crippen LogP contribution in [0.4, 0.5) is 0 Å². The first kappa shape index (κ1) is 27.8. The Labute approximate surface area is 210 Å². The maximum absolute atomic E-state index is 3.25. The molecule has 4 rings (SSSR count). The minimum absolute atomic E-state index is 0. The van der Waals surface area contributed by atoms with E-state index in [0.717, 1.165) is 12.8 Å². The van der Waals surface area contributed by atoms with Crippen molar-refractivity contribution in [2.24, 2.45) is 0 Å². The Kier molecular flexibility index (Phi) is 7.55. The van der Waals surface area contributed by atoms with Gasteiger partial charge in [-0.2, -0.15) is 0 Å². The Balaban J connectivity index is 0.00000181. The number of hydrogen-bond donors (Lipinski definition) is 0. The van der Waals surface area contributed by atoms with E-state index >= 15 is 0 Å². The predicted molar refractivity (Wildman–Crippen MR) is 148 cm³/mol. The Morgan fingerprint density at radius 1 is 0.812 bits per heavy atom. The molecule has 0 spiro atoms. The zero-order chi connectivity index (χ0) is 22.1. The second kappa shape index (κ2) is 8.67. The molecular weight excluding hydrogens is 527 g/mol. The van der Waals surface area contributed by atoms with E-state index in [-0.39, 0.29) is 35.6 Å². The van der Waals surface area contributed by atoms with Crippen LogP contribution in [0.5, 0.6) is 0 Å². The van der Waals surface area contributed by atoms with Crippen molar-refractivity contribution >= 4 is 35.0 Å². The van der Waals surface area contributed by atoms with E-state index in [1.165, 1.54) is 27.8 Å². The summed E-state index contributed by atoms with van der Waals surface area (Å²) >= 11 is -3.25. The molecule has 0 nitrogen and oxygen atoms in total. The number of halogens is 2. The van der Waals surface area contributed by atoms with Crippen molar-refractivity contribution in [3.8, 4) is 11.1 Å². The van der Waals surface area contributed by atoms with Gasteiger partial charge in [0.25, 0.3) is 0 Å². The summed E-state index contributed by atoms with van der Waals surface area (Å²) in [6, 6.07) is 12.4. The molecule has 0 aliphatic heterocycles. The minimum Gasteiger partial charge on any atom is -0.147 e. The van der Waals surface area contributed by atoms with Crippen molar-refractivity contribution in [2.75, 3.05) is 0 Å². The molecule has 2 aromatic rings. The third kappa shape index (κ3) is 4.72.